The van der Waals surface area contributed by atoms with Gasteiger partial charge in [0.2, 0.25) is 0 Å². The number of nitrogens with one attached hydrogen (secondary N) is 1. The van der Waals surface area contributed by atoms with E-state index in [9.17, 15) is 14.0 Å². The fraction of sp³-hybridized carbons (Fsp3) is 0.321. The number of benzene rings is 2. The lowest BCUT2D eigenvalue weighted by Gasteiger charge is -2.33. The SMILES string of the molecule is CC1(N2CCC(CCC(=O)O)C2)C(=O)Nc2nc(-c3nn(Cc4ccccc4F)c4cc(Cl)ccc34)nc(N)c21. The van der Waals surface area contributed by atoms with Gasteiger partial charge in [0.15, 0.2) is 5.82 Å². The lowest BCUT2D eigenvalue weighted by atomic mass is 9.92. The summed E-state index contributed by atoms with van der Waals surface area (Å²) < 4.78 is 16.1. The van der Waals surface area contributed by atoms with Crippen molar-refractivity contribution in [3.8, 4) is 11.5 Å². The predicted octanol–water partition coefficient (Wildman–Crippen LogP) is 4.27. The maximum Gasteiger partial charge on any atom is 0.303 e. The molecule has 2 aliphatic rings. The van der Waals surface area contributed by atoms with Crippen molar-refractivity contribution < 1.29 is 19.1 Å². The molecule has 0 radical (unpaired) electrons. The summed E-state index contributed by atoms with van der Waals surface area (Å²) in [7, 11) is 0. The third-order valence-electron chi connectivity index (χ3n) is 7.99. The molecule has 2 atom stereocenters. The molecule has 10 nitrogen and oxygen atoms in total. The molecule has 0 bridgehead atoms. The fourth-order valence-electron chi connectivity index (χ4n) is 5.82. The van der Waals surface area contributed by atoms with Gasteiger partial charge in [-0.25, -0.2) is 14.4 Å². The second kappa shape index (κ2) is 9.83. The number of carbonyl (C=O) groups excluding carboxylic acids is 1. The number of rotatable bonds is 7. The molecular weight excluding hydrogens is 537 g/mol. The molecule has 2 aliphatic heterocycles. The lowest BCUT2D eigenvalue weighted by molar-refractivity contribution is -0.137. The predicted molar refractivity (Wildman–Crippen MR) is 148 cm³/mol. The largest absolute Gasteiger partial charge is 0.481 e. The van der Waals surface area contributed by atoms with Crippen LogP contribution >= 0.6 is 11.6 Å². The van der Waals surface area contributed by atoms with Crippen LogP contribution in [-0.2, 0) is 21.7 Å². The van der Waals surface area contributed by atoms with Crippen LogP contribution in [0.2, 0.25) is 5.02 Å². The van der Waals surface area contributed by atoms with E-state index >= 15 is 0 Å². The summed E-state index contributed by atoms with van der Waals surface area (Å²) in [5.41, 5.74) is 7.49. The van der Waals surface area contributed by atoms with Crippen molar-refractivity contribution in [2.75, 3.05) is 24.1 Å². The zero-order valence-electron chi connectivity index (χ0n) is 21.7. The number of aromatic nitrogens is 4. The molecule has 4 heterocycles. The first-order chi connectivity index (χ1) is 19.1. The van der Waals surface area contributed by atoms with E-state index < -0.39 is 11.5 Å². The monoisotopic (exact) mass is 563 g/mol. The number of anilines is 2. The molecule has 1 saturated heterocycles. The van der Waals surface area contributed by atoms with E-state index in [2.05, 4.69) is 15.3 Å². The van der Waals surface area contributed by atoms with Gasteiger partial charge in [0.05, 0.1) is 17.6 Å². The summed E-state index contributed by atoms with van der Waals surface area (Å²) in [5, 5.41) is 17.9. The molecule has 2 aromatic carbocycles. The summed E-state index contributed by atoms with van der Waals surface area (Å²) in [4.78, 5) is 35.7. The van der Waals surface area contributed by atoms with E-state index in [0.29, 0.717) is 58.1 Å². The molecule has 4 N–H and O–H groups in total. The zero-order valence-corrected chi connectivity index (χ0v) is 22.5. The number of likely N-dealkylation sites (tertiary alicyclic amines) is 1. The minimum Gasteiger partial charge on any atom is -0.481 e. The quantitative estimate of drug-likeness (QED) is 0.303. The van der Waals surface area contributed by atoms with E-state index in [-0.39, 0.29) is 42.3 Å². The number of nitrogens with zero attached hydrogens (tertiary/aromatic N) is 5. The van der Waals surface area contributed by atoms with Crippen LogP contribution < -0.4 is 11.1 Å². The summed E-state index contributed by atoms with van der Waals surface area (Å²) in [6.45, 7) is 3.16. The van der Waals surface area contributed by atoms with Gasteiger partial charge in [0, 0.05) is 28.9 Å². The number of nitrogens with two attached hydrogens (primary N) is 1. The highest BCUT2D eigenvalue weighted by molar-refractivity contribution is 6.31. The Bertz CT molecular complexity index is 1680. The first kappa shape index (κ1) is 26.1. The number of carbonyl (C=O) groups is 2. The van der Waals surface area contributed by atoms with Crippen molar-refractivity contribution in [1.29, 1.82) is 0 Å². The normalized spacial score (nSPS) is 20.7. The Morgan fingerprint density at radius 1 is 1.27 bits per heavy atom. The third kappa shape index (κ3) is 4.35. The number of carboxylic acids is 1. The maximum atomic E-state index is 14.4. The Hall–Kier alpha value is -4.09. The smallest absolute Gasteiger partial charge is 0.303 e. The molecule has 6 rings (SSSR count). The van der Waals surface area contributed by atoms with Gasteiger partial charge in [-0.3, -0.25) is 19.2 Å². The Morgan fingerprint density at radius 2 is 2.08 bits per heavy atom. The Balaban J connectivity index is 1.38. The van der Waals surface area contributed by atoms with E-state index in [1.165, 1.54) is 6.07 Å². The minimum absolute atomic E-state index is 0.0926. The Kier molecular flexibility index (Phi) is 6.42. The van der Waals surface area contributed by atoms with Crippen molar-refractivity contribution >= 4 is 46.0 Å². The number of halogens is 2. The van der Waals surface area contributed by atoms with Crippen LogP contribution in [0.15, 0.2) is 42.5 Å². The molecule has 1 fully saturated rings. The molecule has 40 heavy (non-hydrogen) atoms. The van der Waals surface area contributed by atoms with E-state index in [1.807, 2.05) is 4.90 Å². The van der Waals surface area contributed by atoms with E-state index in [0.717, 1.165) is 6.42 Å². The van der Waals surface area contributed by atoms with Gasteiger partial charge in [-0.1, -0.05) is 29.8 Å². The molecule has 2 unspecified atom stereocenters. The maximum absolute atomic E-state index is 14.4. The van der Waals surface area contributed by atoms with Crippen molar-refractivity contribution in [2.45, 2.75) is 38.3 Å². The van der Waals surface area contributed by atoms with Gasteiger partial charge >= 0.3 is 5.97 Å². The first-order valence-electron chi connectivity index (χ1n) is 13.0. The summed E-state index contributed by atoms with van der Waals surface area (Å²) in [6, 6.07) is 11.8. The number of carboxylic acid groups (broad SMARTS) is 1. The molecular formula is C28H27ClFN7O3. The Labute approximate surface area is 234 Å². The van der Waals surface area contributed by atoms with Crippen molar-refractivity contribution in [3.63, 3.8) is 0 Å². The third-order valence-corrected chi connectivity index (χ3v) is 8.22. The minimum atomic E-state index is -1.09. The standard InChI is InChI=1S/C28H27ClFN7O3/c1-28(36-11-10-15(13-36)6-9-21(38)39)22-24(31)32-26(33-25(22)34-27(28)40)23-18-8-7-17(29)12-20(18)37(35-23)14-16-4-2-3-5-19(16)30/h2-5,7-8,12,15H,6,9-11,13-14H2,1H3,(H,38,39)(H3,31,32,33,34,40). The van der Waals surface area contributed by atoms with Crippen LogP contribution in [0.4, 0.5) is 16.0 Å². The average Bonchev–Trinajstić information content (AvgIpc) is 3.60. The molecule has 0 aliphatic carbocycles. The van der Waals surface area contributed by atoms with Crippen LogP contribution in [0.25, 0.3) is 22.4 Å². The van der Waals surface area contributed by atoms with Crippen molar-refractivity contribution in [2.24, 2.45) is 5.92 Å². The van der Waals surface area contributed by atoms with Crippen molar-refractivity contribution in [3.05, 3.63) is 64.4 Å². The highest BCUT2D eigenvalue weighted by atomic mass is 35.5. The molecule has 1 amide bonds. The number of hydrogen-bond donors (Lipinski definition) is 3. The van der Waals surface area contributed by atoms with E-state index in [1.54, 1.807) is 48.0 Å². The van der Waals surface area contributed by atoms with Crippen molar-refractivity contribution in [1.82, 2.24) is 24.6 Å². The molecule has 206 valence electrons. The van der Waals surface area contributed by atoms with Gasteiger partial charge in [0.1, 0.15) is 28.7 Å². The zero-order chi connectivity index (χ0) is 28.2. The highest BCUT2D eigenvalue weighted by Gasteiger charge is 2.52. The second-order valence-electron chi connectivity index (χ2n) is 10.5. The topological polar surface area (TPSA) is 139 Å². The van der Waals surface area contributed by atoms with E-state index in [4.69, 9.17) is 27.5 Å². The molecule has 0 saturated carbocycles. The first-order valence-corrected chi connectivity index (χ1v) is 13.4. The van der Waals surface area contributed by atoms with Gasteiger partial charge in [-0.15, -0.1) is 0 Å². The number of aliphatic carboxylic acids is 1. The summed E-state index contributed by atoms with van der Waals surface area (Å²) in [5.74, 6) is -0.577. The van der Waals surface area contributed by atoms with Crippen LogP contribution in [-0.4, -0.2) is 54.7 Å². The molecule has 2 aromatic heterocycles. The number of nitrogen functional groups attached to an aromatic ring is 1. The second-order valence-corrected chi connectivity index (χ2v) is 10.9. The van der Waals surface area contributed by atoms with Gasteiger partial charge in [-0.2, -0.15) is 5.10 Å². The lowest BCUT2D eigenvalue weighted by Crippen LogP contribution is -2.48. The number of fused-ring (bicyclic) bond motifs is 2. The van der Waals surface area contributed by atoms with Crippen LogP contribution in [0.3, 0.4) is 0 Å². The van der Waals surface area contributed by atoms with Crippen LogP contribution in [0, 0.1) is 11.7 Å². The highest BCUT2D eigenvalue weighted by Crippen LogP contribution is 2.45. The van der Waals surface area contributed by atoms with Gasteiger partial charge in [0.25, 0.3) is 5.91 Å². The van der Waals surface area contributed by atoms with Gasteiger partial charge in [-0.05, 0) is 56.5 Å². The number of hydrogen-bond acceptors (Lipinski definition) is 7. The molecule has 12 heteroatoms. The van der Waals surface area contributed by atoms with Gasteiger partial charge < -0.3 is 16.2 Å². The summed E-state index contributed by atoms with van der Waals surface area (Å²) in [6.07, 6.45) is 1.43. The average molecular weight is 564 g/mol. The Morgan fingerprint density at radius 3 is 2.85 bits per heavy atom. The molecule has 4 aromatic rings. The van der Waals surface area contributed by atoms with Crippen LogP contribution in [0.1, 0.15) is 37.3 Å². The molecule has 0 spiro atoms. The number of amides is 1. The van der Waals surface area contributed by atoms with Crippen LogP contribution in [0.5, 0.6) is 0 Å². The fourth-order valence-corrected chi connectivity index (χ4v) is 5.99. The summed E-state index contributed by atoms with van der Waals surface area (Å²) >= 11 is 6.29.